The van der Waals surface area contributed by atoms with Crippen LogP contribution in [0.25, 0.3) is 0 Å². The average molecular weight is 245 g/mol. The highest BCUT2D eigenvalue weighted by atomic mass is 14.9. The van der Waals surface area contributed by atoms with E-state index >= 15 is 0 Å². The summed E-state index contributed by atoms with van der Waals surface area (Å²) in [6, 6.07) is 0.400. The van der Waals surface area contributed by atoms with Crippen molar-refractivity contribution in [2.45, 2.75) is 53.0 Å². The van der Waals surface area contributed by atoms with E-state index in [2.05, 4.69) is 63.9 Å². The number of hydrogen-bond acceptors (Lipinski definition) is 1. The maximum atomic E-state index is 3.86. The van der Waals surface area contributed by atoms with Gasteiger partial charge in [0.1, 0.15) is 0 Å². The van der Waals surface area contributed by atoms with Crippen molar-refractivity contribution >= 4 is 0 Å². The molecule has 0 aromatic heterocycles. The van der Waals surface area contributed by atoms with Crippen LogP contribution in [0.15, 0.2) is 48.2 Å². The molecule has 100 valence electrons. The fraction of sp³-hybridized carbons (Fsp3) is 0.529. The lowest BCUT2D eigenvalue weighted by Crippen LogP contribution is -2.27. The summed E-state index contributed by atoms with van der Waals surface area (Å²) in [4.78, 5) is 0. The van der Waals surface area contributed by atoms with Crippen molar-refractivity contribution in [1.82, 2.24) is 5.32 Å². The van der Waals surface area contributed by atoms with E-state index in [4.69, 9.17) is 0 Å². The van der Waals surface area contributed by atoms with Crippen LogP contribution in [0.5, 0.6) is 0 Å². The van der Waals surface area contributed by atoms with E-state index in [1.54, 1.807) is 0 Å². The Kier molecular flexibility index (Phi) is 5.46. The van der Waals surface area contributed by atoms with Gasteiger partial charge in [-0.1, -0.05) is 65.0 Å². The van der Waals surface area contributed by atoms with E-state index in [1.165, 1.54) is 12.0 Å². The molecule has 0 radical (unpaired) electrons. The summed E-state index contributed by atoms with van der Waals surface area (Å²) < 4.78 is 0. The molecule has 0 bridgehead atoms. The number of unbranched alkanes of at least 4 members (excludes halogenated alkanes) is 1. The average Bonchev–Trinajstić information content (AvgIpc) is 2.34. The SMILES string of the molecule is C=C/C(=C\CCC)NC1C=CC(C(C)(C)C)=CC1. The van der Waals surface area contributed by atoms with Gasteiger partial charge in [0, 0.05) is 11.7 Å². The number of nitrogens with one attached hydrogen (secondary N) is 1. The molecule has 1 nitrogen and oxygen atoms in total. The van der Waals surface area contributed by atoms with E-state index < -0.39 is 0 Å². The molecule has 0 saturated carbocycles. The van der Waals surface area contributed by atoms with Crippen LogP contribution in [0.2, 0.25) is 0 Å². The summed E-state index contributed by atoms with van der Waals surface area (Å²) in [5, 5.41) is 3.52. The van der Waals surface area contributed by atoms with Gasteiger partial charge in [-0.15, -0.1) is 0 Å². The smallest absolute Gasteiger partial charge is 0.0482 e. The summed E-state index contributed by atoms with van der Waals surface area (Å²) >= 11 is 0. The molecule has 0 aliphatic heterocycles. The summed E-state index contributed by atoms with van der Waals surface area (Å²) in [6.45, 7) is 12.8. The molecule has 0 heterocycles. The van der Waals surface area contributed by atoms with Crippen LogP contribution in [0.1, 0.15) is 47.0 Å². The Balaban J connectivity index is 2.57. The molecule has 1 N–H and O–H groups in total. The first-order chi connectivity index (χ1) is 8.47. The fourth-order valence-corrected chi connectivity index (χ4v) is 2.00. The van der Waals surface area contributed by atoms with Crippen molar-refractivity contribution in [1.29, 1.82) is 0 Å². The third-order valence-corrected chi connectivity index (χ3v) is 3.19. The molecular weight excluding hydrogens is 218 g/mol. The highest BCUT2D eigenvalue weighted by Gasteiger charge is 2.18. The predicted octanol–water partition coefficient (Wildman–Crippen LogP) is 4.75. The Bertz CT molecular complexity index is 364. The molecule has 0 fully saturated rings. The molecule has 1 unspecified atom stereocenters. The van der Waals surface area contributed by atoms with Crippen molar-refractivity contribution < 1.29 is 0 Å². The van der Waals surface area contributed by atoms with Crippen LogP contribution in [0.3, 0.4) is 0 Å². The van der Waals surface area contributed by atoms with E-state index in [1.807, 2.05) is 6.08 Å². The highest BCUT2D eigenvalue weighted by Crippen LogP contribution is 2.29. The number of hydrogen-bond donors (Lipinski definition) is 1. The van der Waals surface area contributed by atoms with E-state index in [0.717, 1.165) is 18.5 Å². The highest BCUT2D eigenvalue weighted by molar-refractivity contribution is 5.31. The normalized spacial score (nSPS) is 20.6. The summed E-state index contributed by atoms with van der Waals surface area (Å²) in [6.07, 6.45) is 14.3. The van der Waals surface area contributed by atoms with Gasteiger partial charge < -0.3 is 5.32 Å². The van der Waals surface area contributed by atoms with Gasteiger partial charge in [-0.05, 0) is 29.9 Å². The van der Waals surface area contributed by atoms with Gasteiger partial charge in [0.15, 0.2) is 0 Å². The monoisotopic (exact) mass is 245 g/mol. The third kappa shape index (κ3) is 4.56. The van der Waals surface area contributed by atoms with Gasteiger partial charge >= 0.3 is 0 Å². The molecule has 1 heteroatoms. The topological polar surface area (TPSA) is 12.0 Å². The van der Waals surface area contributed by atoms with Gasteiger partial charge in [-0.3, -0.25) is 0 Å². The fourth-order valence-electron chi connectivity index (χ4n) is 2.00. The zero-order valence-electron chi connectivity index (χ0n) is 12.3. The van der Waals surface area contributed by atoms with Crippen molar-refractivity contribution in [2.75, 3.05) is 0 Å². The van der Waals surface area contributed by atoms with Crippen LogP contribution in [-0.4, -0.2) is 6.04 Å². The molecular formula is C17H27N. The van der Waals surface area contributed by atoms with Crippen molar-refractivity contribution in [2.24, 2.45) is 5.41 Å². The Labute approximate surface area is 112 Å². The lowest BCUT2D eigenvalue weighted by molar-refractivity contribution is 0.507. The first kappa shape index (κ1) is 14.8. The zero-order valence-corrected chi connectivity index (χ0v) is 12.3. The molecule has 0 aromatic carbocycles. The van der Waals surface area contributed by atoms with Crippen molar-refractivity contribution in [3.8, 4) is 0 Å². The predicted molar refractivity (Wildman–Crippen MR) is 81.4 cm³/mol. The van der Waals surface area contributed by atoms with E-state index in [0.29, 0.717) is 6.04 Å². The van der Waals surface area contributed by atoms with Gasteiger partial charge in [-0.2, -0.15) is 0 Å². The Hall–Kier alpha value is -1.24. The van der Waals surface area contributed by atoms with E-state index in [-0.39, 0.29) is 5.41 Å². The van der Waals surface area contributed by atoms with Gasteiger partial charge in [0.25, 0.3) is 0 Å². The van der Waals surface area contributed by atoms with E-state index in [9.17, 15) is 0 Å². The second kappa shape index (κ2) is 6.63. The first-order valence-electron chi connectivity index (χ1n) is 6.95. The minimum Gasteiger partial charge on any atom is -0.379 e. The summed E-state index contributed by atoms with van der Waals surface area (Å²) in [7, 11) is 0. The second-order valence-electron chi connectivity index (χ2n) is 5.91. The Morgan fingerprint density at radius 2 is 2.22 bits per heavy atom. The summed E-state index contributed by atoms with van der Waals surface area (Å²) in [5.41, 5.74) is 2.83. The van der Waals surface area contributed by atoms with Crippen LogP contribution in [-0.2, 0) is 0 Å². The molecule has 18 heavy (non-hydrogen) atoms. The standard InChI is InChI=1S/C17H27N/c1-6-8-9-15(7-2)18-16-12-10-14(11-13-16)17(3,4)5/h7,9-12,16,18H,2,6,8,13H2,1,3-5H3/b15-9+. The second-order valence-corrected chi connectivity index (χ2v) is 5.91. The van der Waals surface area contributed by atoms with Gasteiger partial charge in [-0.25, -0.2) is 0 Å². The minimum absolute atomic E-state index is 0.251. The maximum absolute atomic E-state index is 3.86. The summed E-state index contributed by atoms with van der Waals surface area (Å²) in [5.74, 6) is 0. The Morgan fingerprint density at radius 1 is 1.50 bits per heavy atom. The lowest BCUT2D eigenvalue weighted by Gasteiger charge is -2.26. The van der Waals surface area contributed by atoms with Crippen molar-refractivity contribution in [3.63, 3.8) is 0 Å². The van der Waals surface area contributed by atoms with Crippen LogP contribution >= 0.6 is 0 Å². The molecule has 0 aromatic rings. The molecule has 0 amide bonds. The number of rotatable bonds is 5. The Morgan fingerprint density at radius 3 is 2.67 bits per heavy atom. The number of allylic oxidation sites excluding steroid dienone is 4. The molecule has 1 aliphatic carbocycles. The quantitative estimate of drug-likeness (QED) is 0.689. The van der Waals surface area contributed by atoms with Gasteiger partial charge in [0.05, 0.1) is 0 Å². The van der Waals surface area contributed by atoms with Crippen LogP contribution in [0, 0.1) is 5.41 Å². The van der Waals surface area contributed by atoms with Crippen LogP contribution in [0.4, 0.5) is 0 Å². The van der Waals surface area contributed by atoms with Crippen LogP contribution < -0.4 is 5.32 Å². The first-order valence-corrected chi connectivity index (χ1v) is 6.95. The molecule has 1 aliphatic rings. The molecule has 0 saturated heterocycles. The third-order valence-electron chi connectivity index (χ3n) is 3.19. The zero-order chi connectivity index (χ0) is 13.6. The maximum Gasteiger partial charge on any atom is 0.0482 e. The molecule has 1 rings (SSSR count). The lowest BCUT2D eigenvalue weighted by atomic mass is 9.83. The van der Waals surface area contributed by atoms with Crippen molar-refractivity contribution in [3.05, 3.63) is 48.2 Å². The minimum atomic E-state index is 0.251. The molecule has 1 atom stereocenters. The largest absolute Gasteiger partial charge is 0.379 e. The molecule has 0 spiro atoms. The van der Waals surface area contributed by atoms with Gasteiger partial charge in [0.2, 0.25) is 0 Å².